The molecule has 0 saturated carbocycles. The number of nitrogens with zero attached hydrogens (tertiary/aromatic N) is 1. The average molecular weight is 411 g/mol. The maximum Gasteiger partial charge on any atom is 0.191 e. The van der Waals surface area contributed by atoms with E-state index in [1.54, 1.807) is 32.2 Å². The Bertz CT molecular complexity index is 963. The van der Waals surface area contributed by atoms with Gasteiger partial charge in [0.25, 0.3) is 0 Å². The fourth-order valence-electron chi connectivity index (χ4n) is 2.57. The summed E-state index contributed by atoms with van der Waals surface area (Å²) in [6.07, 6.45) is 1.18. The maximum absolute atomic E-state index is 13.5. The second-order valence-electron chi connectivity index (χ2n) is 6.15. The first-order valence-corrected chi connectivity index (χ1v) is 10.4. The van der Waals surface area contributed by atoms with Crippen LogP contribution in [-0.4, -0.2) is 40.8 Å². The lowest BCUT2D eigenvalue weighted by Gasteiger charge is -2.13. The van der Waals surface area contributed by atoms with Gasteiger partial charge < -0.3 is 15.4 Å². The van der Waals surface area contributed by atoms with E-state index in [-0.39, 0.29) is 12.4 Å². The van der Waals surface area contributed by atoms with Crippen molar-refractivity contribution >= 4 is 15.8 Å². The van der Waals surface area contributed by atoms with E-state index in [4.69, 9.17) is 4.74 Å². The van der Waals surface area contributed by atoms with Crippen LogP contribution in [0.25, 0.3) is 0 Å². The van der Waals surface area contributed by atoms with Crippen LogP contribution in [0.5, 0.6) is 5.75 Å². The lowest BCUT2D eigenvalue weighted by Crippen LogP contribution is -2.38. The Balaban J connectivity index is 1.82. The summed E-state index contributed by atoms with van der Waals surface area (Å²) in [6.45, 7) is 2.70. The Kier molecular flexibility index (Phi) is 7.33. The van der Waals surface area contributed by atoms with Gasteiger partial charge in [-0.15, -0.1) is 0 Å². The van der Waals surface area contributed by atoms with Gasteiger partial charge in [-0.1, -0.05) is 12.1 Å². The number of benzene rings is 2. The minimum atomic E-state index is -3.25. The van der Waals surface area contributed by atoms with Crippen LogP contribution >= 0.6 is 0 Å². The molecule has 0 heterocycles. The molecule has 9 heteroatoms. The number of sulfone groups is 1. The van der Waals surface area contributed by atoms with E-state index < -0.39 is 21.5 Å². The summed E-state index contributed by atoms with van der Waals surface area (Å²) in [6, 6.07) is 8.26. The van der Waals surface area contributed by atoms with Crippen LogP contribution in [-0.2, 0) is 16.4 Å². The molecule has 2 aromatic carbocycles. The van der Waals surface area contributed by atoms with E-state index in [0.29, 0.717) is 29.5 Å². The average Bonchev–Trinajstić information content (AvgIpc) is 2.61. The molecule has 0 aliphatic carbocycles. The maximum atomic E-state index is 13.5. The lowest BCUT2D eigenvalue weighted by molar-refractivity contribution is 0.304. The van der Waals surface area contributed by atoms with Crippen molar-refractivity contribution in [2.75, 3.05) is 26.5 Å². The number of rotatable bonds is 7. The van der Waals surface area contributed by atoms with Gasteiger partial charge in [0.2, 0.25) is 0 Å². The summed E-state index contributed by atoms with van der Waals surface area (Å²) in [5.41, 5.74) is 1.58. The zero-order chi connectivity index (χ0) is 20.7. The Morgan fingerprint density at radius 2 is 1.89 bits per heavy atom. The van der Waals surface area contributed by atoms with Gasteiger partial charge >= 0.3 is 0 Å². The minimum absolute atomic E-state index is 0.0208. The fourth-order valence-corrected chi connectivity index (χ4v) is 3.53. The minimum Gasteiger partial charge on any atom is -0.489 e. The molecule has 2 rings (SSSR count). The fraction of sp³-hybridized carbons (Fsp3) is 0.316. The summed E-state index contributed by atoms with van der Waals surface area (Å²) in [7, 11) is -1.64. The number of halogens is 2. The van der Waals surface area contributed by atoms with Crippen molar-refractivity contribution in [3.05, 3.63) is 59.2 Å². The molecule has 2 aromatic rings. The number of aliphatic imine (C=N–C) groups is 1. The molecule has 0 amide bonds. The van der Waals surface area contributed by atoms with E-state index in [9.17, 15) is 17.2 Å². The molecule has 0 saturated heterocycles. The van der Waals surface area contributed by atoms with Gasteiger partial charge in [0, 0.05) is 25.9 Å². The van der Waals surface area contributed by atoms with Crippen LogP contribution in [0.2, 0.25) is 0 Å². The lowest BCUT2D eigenvalue weighted by atomic mass is 10.1. The van der Waals surface area contributed by atoms with Crippen molar-refractivity contribution in [2.45, 2.75) is 18.4 Å². The third-order valence-electron chi connectivity index (χ3n) is 3.87. The Hall–Kier alpha value is -2.68. The second-order valence-corrected chi connectivity index (χ2v) is 8.13. The molecule has 0 aliphatic heterocycles. The summed E-state index contributed by atoms with van der Waals surface area (Å²) in [4.78, 5) is 4.38. The van der Waals surface area contributed by atoms with Crippen LogP contribution < -0.4 is 15.4 Å². The monoisotopic (exact) mass is 411 g/mol. The first-order chi connectivity index (χ1) is 13.2. The van der Waals surface area contributed by atoms with Gasteiger partial charge in [0.05, 0.1) is 11.4 Å². The number of ether oxygens (including phenoxy) is 1. The normalized spacial score (nSPS) is 12.0. The van der Waals surface area contributed by atoms with Crippen molar-refractivity contribution in [2.24, 2.45) is 4.99 Å². The standard InChI is InChI=1S/C19H23F2N3O3S/c1-13-10-14(4-7-18(13)28(3,25)26)12-24-19(22-2)23-8-9-27-17-6-5-15(20)11-16(17)21/h4-7,10-11H,8-9,12H2,1-3H3,(H2,22,23,24). The van der Waals surface area contributed by atoms with Gasteiger partial charge in [-0.2, -0.15) is 0 Å². The number of guanidine groups is 1. The van der Waals surface area contributed by atoms with Gasteiger partial charge in [-0.3, -0.25) is 4.99 Å². The van der Waals surface area contributed by atoms with E-state index in [1.807, 2.05) is 0 Å². The quantitative estimate of drug-likeness (QED) is 0.416. The van der Waals surface area contributed by atoms with E-state index in [2.05, 4.69) is 15.6 Å². The predicted molar refractivity (Wildman–Crippen MR) is 104 cm³/mol. The molecule has 0 bridgehead atoms. The summed E-state index contributed by atoms with van der Waals surface area (Å²) < 4.78 is 54.9. The first-order valence-electron chi connectivity index (χ1n) is 8.52. The highest BCUT2D eigenvalue weighted by Gasteiger charge is 2.11. The molecule has 0 atom stereocenters. The van der Waals surface area contributed by atoms with Gasteiger partial charge in [0.15, 0.2) is 27.4 Å². The van der Waals surface area contributed by atoms with Crippen LogP contribution in [0.15, 0.2) is 46.3 Å². The van der Waals surface area contributed by atoms with Crippen molar-refractivity contribution < 1.29 is 21.9 Å². The number of hydrogen-bond acceptors (Lipinski definition) is 4. The predicted octanol–water partition coefficient (Wildman–Crippen LogP) is 2.42. The molecule has 0 aromatic heterocycles. The molecule has 0 unspecified atom stereocenters. The third-order valence-corrected chi connectivity index (χ3v) is 5.13. The Morgan fingerprint density at radius 1 is 1.14 bits per heavy atom. The SMILES string of the molecule is CN=C(NCCOc1ccc(F)cc1F)NCc1ccc(S(C)(=O)=O)c(C)c1. The Labute approximate surface area is 163 Å². The molecule has 6 nitrogen and oxygen atoms in total. The molecule has 0 radical (unpaired) electrons. The highest BCUT2D eigenvalue weighted by atomic mass is 32.2. The van der Waals surface area contributed by atoms with Crippen molar-refractivity contribution in [3.63, 3.8) is 0 Å². The van der Waals surface area contributed by atoms with E-state index >= 15 is 0 Å². The first kappa shape index (κ1) is 21.6. The molecule has 152 valence electrons. The summed E-state index contributed by atoms with van der Waals surface area (Å²) in [5.74, 6) is -0.927. The van der Waals surface area contributed by atoms with Crippen molar-refractivity contribution in [1.82, 2.24) is 10.6 Å². The molecule has 28 heavy (non-hydrogen) atoms. The molecule has 0 fully saturated rings. The van der Waals surface area contributed by atoms with Crippen LogP contribution in [0, 0.1) is 18.6 Å². The molecule has 2 N–H and O–H groups in total. The van der Waals surface area contributed by atoms with Gasteiger partial charge in [-0.05, 0) is 36.2 Å². The Morgan fingerprint density at radius 3 is 2.50 bits per heavy atom. The number of hydrogen-bond donors (Lipinski definition) is 2. The molecular weight excluding hydrogens is 388 g/mol. The van der Waals surface area contributed by atoms with E-state index in [0.717, 1.165) is 17.7 Å². The summed E-state index contributed by atoms with van der Waals surface area (Å²) in [5, 5.41) is 6.11. The van der Waals surface area contributed by atoms with Crippen molar-refractivity contribution in [3.8, 4) is 5.75 Å². The zero-order valence-corrected chi connectivity index (χ0v) is 16.7. The smallest absolute Gasteiger partial charge is 0.191 e. The van der Waals surface area contributed by atoms with Crippen LogP contribution in [0.3, 0.4) is 0 Å². The van der Waals surface area contributed by atoms with Gasteiger partial charge in [0.1, 0.15) is 12.4 Å². The van der Waals surface area contributed by atoms with Crippen LogP contribution in [0.1, 0.15) is 11.1 Å². The second kappa shape index (κ2) is 9.50. The molecule has 0 aliphatic rings. The molecule has 0 spiro atoms. The largest absolute Gasteiger partial charge is 0.489 e. The highest BCUT2D eigenvalue weighted by Crippen LogP contribution is 2.17. The van der Waals surface area contributed by atoms with E-state index in [1.165, 1.54) is 12.3 Å². The zero-order valence-electron chi connectivity index (χ0n) is 15.9. The van der Waals surface area contributed by atoms with Crippen LogP contribution in [0.4, 0.5) is 8.78 Å². The highest BCUT2D eigenvalue weighted by molar-refractivity contribution is 7.90. The van der Waals surface area contributed by atoms with Crippen molar-refractivity contribution in [1.29, 1.82) is 0 Å². The van der Waals surface area contributed by atoms with Gasteiger partial charge in [-0.25, -0.2) is 17.2 Å². The topological polar surface area (TPSA) is 79.8 Å². The number of nitrogens with one attached hydrogen (secondary N) is 2. The summed E-state index contributed by atoms with van der Waals surface area (Å²) >= 11 is 0. The molecular formula is C19H23F2N3O3S. The third kappa shape index (κ3) is 6.19. The number of aryl methyl sites for hydroxylation is 1.